The zero-order valence-electron chi connectivity index (χ0n) is 18.6. The van der Waals surface area contributed by atoms with Crippen LogP contribution in [-0.2, 0) is 15.1 Å². The van der Waals surface area contributed by atoms with E-state index in [9.17, 15) is 9.90 Å². The average Bonchev–Trinajstić information content (AvgIpc) is 2.75. The van der Waals surface area contributed by atoms with Crippen LogP contribution in [0, 0.1) is 0 Å². The van der Waals surface area contributed by atoms with Crippen LogP contribution >= 0.6 is 0 Å². The number of aliphatic hydroxyl groups is 1. The van der Waals surface area contributed by atoms with Gasteiger partial charge in [-0.15, -0.1) is 0 Å². The Labute approximate surface area is 182 Å². The third-order valence-electron chi connectivity index (χ3n) is 5.79. The molecule has 31 heavy (non-hydrogen) atoms. The third-order valence-corrected chi connectivity index (χ3v) is 5.79. The minimum absolute atomic E-state index is 0.0301. The molecule has 162 valence electrons. The van der Waals surface area contributed by atoms with Crippen LogP contribution in [0.2, 0.25) is 0 Å². The molecule has 0 fully saturated rings. The van der Waals surface area contributed by atoms with E-state index in [1.807, 2.05) is 54.2 Å². The van der Waals surface area contributed by atoms with Crippen molar-refractivity contribution < 1.29 is 14.6 Å². The largest absolute Gasteiger partial charge is 0.386 e. The number of methoxy groups -OCH3 is 1. The van der Waals surface area contributed by atoms with Gasteiger partial charge in [0.15, 0.2) is 0 Å². The number of hydrogen-bond acceptors (Lipinski definition) is 6. The molecule has 0 radical (unpaired) electrons. The van der Waals surface area contributed by atoms with Gasteiger partial charge in [0.05, 0.1) is 47.9 Å². The molecule has 0 bridgehead atoms. The Morgan fingerprint density at radius 2 is 1.97 bits per heavy atom. The lowest BCUT2D eigenvalue weighted by molar-refractivity contribution is -0.117. The number of fused-ring (bicyclic) bond motifs is 3. The molecule has 4 rings (SSSR count). The van der Waals surface area contributed by atoms with Gasteiger partial charge >= 0.3 is 0 Å². The number of rotatable bonds is 5. The predicted molar refractivity (Wildman–Crippen MR) is 122 cm³/mol. The molecular formula is C24H28N4O3. The van der Waals surface area contributed by atoms with E-state index in [2.05, 4.69) is 9.97 Å². The Hall–Kier alpha value is -3.03. The van der Waals surface area contributed by atoms with Crippen molar-refractivity contribution in [1.29, 1.82) is 0 Å². The van der Waals surface area contributed by atoms with Crippen molar-refractivity contribution in [2.45, 2.75) is 32.5 Å². The number of nitrogens with zero attached hydrogens (tertiary/aromatic N) is 4. The maximum absolute atomic E-state index is 12.9. The van der Waals surface area contributed by atoms with Crippen LogP contribution in [0.3, 0.4) is 0 Å². The molecule has 7 heteroatoms. The van der Waals surface area contributed by atoms with Gasteiger partial charge in [-0.3, -0.25) is 14.8 Å². The number of likely N-dealkylation sites (N-methyl/N-ethyl adjacent to an activating group) is 1. The highest BCUT2D eigenvalue weighted by atomic mass is 16.5. The molecule has 2 aromatic heterocycles. The molecule has 0 saturated carbocycles. The summed E-state index contributed by atoms with van der Waals surface area (Å²) in [4.78, 5) is 25.6. The first-order valence-electron chi connectivity index (χ1n) is 10.3. The van der Waals surface area contributed by atoms with Crippen LogP contribution in [0.4, 0.5) is 11.4 Å². The van der Waals surface area contributed by atoms with Crippen LogP contribution in [0.15, 0.2) is 42.9 Å². The number of amides is 1. The number of carbonyl (C=O) groups excluding carboxylic acids is 1. The summed E-state index contributed by atoms with van der Waals surface area (Å²) in [6.45, 7) is 6.20. The van der Waals surface area contributed by atoms with Crippen molar-refractivity contribution in [2.75, 3.05) is 37.0 Å². The topological polar surface area (TPSA) is 78.8 Å². The summed E-state index contributed by atoms with van der Waals surface area (Å²) in [5.74, 6) is 0.0301. The average molecular weight is 421 g/mol. The number of hydrogen-bond donors (Lipinski definition) is 1. The molecule has 1 unspecified atom stereocenters. The quantitative estimate of drug-likeness (QED) is 0.682. The number of ether oxygens (including phenoxy) is 1. The summed E-state index contributed by atoms with van der Waals surface area (Å²) in [6, 6.07) is 7.93. The van der Waals surface area contributed by atoms with Crippen LogP contribution in [0.1, 0.15) is 26.3 Å². The molecule has 1 amide bonds. The first kappa shape index (κ1) is 21.2. The molecule has 1 N–H and O–H groups in total. The lowest BCUT2D eigenvalue weighted by Crippen LogP contribution is -2.47. The Bertz CT molecular complexity index is 1140. The summed E-state index contributed by atoms with van der Waals surface area (Å²) in [6.07, 6.45) is 5.18. The molecule has 0 saturated heterocycles. The normalized spacial score (nSPS) is 15.4. The predicted octanol–water partition coefficient (Wildman–Crippen LogP) is 3.34. The van der Waals surface area contributed by atoms with E-state index in [0.29, 0.717) is 13.1 Å². The molecule has 7 nitrogen and oxygen atoms in total. The minimum atomic E-state index is -0.983. The first-order valence-corrected chi connectivity index (χ1v) is 10.3. The maximum Gasteiger partial charge on any atom is 0.246 e. The van der Waals surface area contributed by atoms with E-state index in [1.165, 1.54) is 0 Å². The number of anilines is 2. The Balaban J connectivity index is 1.90. The fraction of sp³-hybridized carbons (Fsp3) is 0.375. The monoisotopic (exact) mass is 420 g/mol. The van der Waals surface area contributed by atoms with E-state index in [1.54, 1.807) is 33.4 Å². The van der Waals surface area contributed by atoms with Crippen molar-refractivity contribution in [1.82, 2.24) is 9.97 Å². The Morgan fingerprint density at radius 1 is 1.19 bits per heavy atom. The lowest BCUT2D eigenvalue weighted by Gasteiger charge is -2.36. The first-order chi connectivity index (χ1) is 14.7. The Morgan fingerprint density at radius 3 is 2.68 bits per heavy atom. The van der Waals surface area contributed by atoms with Gasteiger partial charge in [-0.05, 0) is 44.5 Å². The third kappa shape index (κ3) is 3.98. The van der Waals surface area contributed by atoms with Crippen LogP contribution in [-0.4, -0.2) is 54.3 Å². The second-order valence-corrected chi connectivity index (χ2v) is 8.65. The van der Waals surface area contributed by atoms with E-state index >= 15 is 0 Å². The smallest absolute Gasteiger partial charge is 0.246 e. The van der Waals surface area contributed by atoms with Gasteiger partial charge in [0, 0.05) is 43.1 Å². The highest BCUT2D eigenvalue weighted by Crippen LogP contribution is 2.40. The second-order valence-electron chi connectivity index (χ2n) is 8.65. The fourth-order valence-electron chi connectivity index (χ4n) is 3.87. The molecule has 1 aliphatic heterocycles. The molecule has 3 aromatic rings. The van der Waals surface area contributed by atoms with Crippen molar-refractivity contribution in [3.63, 3.8) is 0 Å². The summed E-state index contributed by atoms with van der Waals surface area (Å²) in [7, 11) is 3.55. The Kier molecular flexibility index (Phi) is 5.41. The van der Waals surface area contributed by atoms with Gasteiger partial charge in [-0.2, -0.15) is 0 Å². The SMILES string of the molecule is COC(C)CN1C(=O)CN(C)c2cnc3ccc(-c4cncc(C(C)(C)O)c4)cc3c21. The number of pyridine rings is 2. The molecule has 0 spiro atoms. The van der Waals surface area contributed by atoms with E-state index in [-0.39, 0.29) is 12.0 Å². The minimum Gasteiger partial charge on any atom is -0.386 e. The van der Waals surface area contributed by atoms with Crippen LogP contribution in [0.25, 0.3) is 22.0 Å². The second kappa shape index (κ2) is 7.90. The van der Waals surface area contributed by atoms with E-state index < -0.39 is 5.60 Å². The van der Waals surface area contributed by atoms with Gasteiger partial charge in [0.2, 0.25) is 5.91 Å². The van der Waals surface area contributed by atoms with Gasteiger partial charge in [0.25, 0.3) is 0 Å². The lowest BCUT2D eigenvalue weighted by atomic mass is 9.96. The van der Waals surface area contributed by atoms with Crippen molar-refractivity contribution in [2.24, 2.45) is 0 Å². The van der Waals surface area contributed by atoms with Crippen LogP contribution in [0.5, 0.6) is 0 Å². The van der Waals surface area contributed by atoms with Gasteiger partial charge in [-0.1, -0.05) is 6.07 Å². The number of carbonyl (C=O) groups is 1. The highest BCUT2D eigenvalue weighted by Gasteiger charge is 2.31. The van der Waals surface area contributed by atoms with Gasteiger partial charge in [-0.25, -0.2) is 0 Å². The van der Waals surface area contributed by atoms with E-state index in [4.69, 9.17) is 4.74 Å². The molecule has 3 heterocycles. The number of aromatic nitrogens is 2. The van der Waals surface area contributed by atoms with Crippen molar-refractivity contribution >= 4 is 28.2 Å². The summed E-state index contributed by atoms with van der Waals surface area (Å²) in [5, 5.41) is 11.3. The van der Waals surface area contributed by atoms with Crippen LogP contribution < -0.4 is 9.80 Å². The van der Waals surface area contributed by atoms with Crippen molar-refractivity contribution in [3.8, 4) is 11.1 Å². The van der Waals surface area contributed by atoms with E-state index in [0.717, 1.165) is 39.0 Å². The van der Waals surface area contributed by atoms with Gasteiger partial charge in [0.1, 0.15) is 0 Å². The zero-order valence-corrected chi connectivity index (χ0v) is 18.6. The summed E-state index contributed by atoms with van der Waals surface area (Å²) in [5.41, 5.74) is 4.17. The number of benzene rings is 1. The summed E-state index contributed by atoms with van der Waals surface area (Å²) < 4.78 is 5.44. The maximum atomic E-state index is 12.9. The van der Waals surface area contributed by atoms with Gasteiger partial charge < -0.3 is 19.6 Å². The molecule has 1 aromatic carbocycles. The molecule has 1 aliphatic rings. The molecule has 1 atom stereocenters. The highest BCUT2D eigenvalue weighted by molar-refractivity contribution is 6.12. The molecular weight excluding hydrogens is 392 g/mol. The zero-order chi connectivity index (χ0) is 22.3. The summed E-state index contributed by atoms with van der Waals surface area (Å²) >= 11 is 0. The fourth-order valence-corrected chi connectivity index (χ4v) is 3.87. The van der Waals surface area contributed by atoms with Crippen molar-refractivity contribution in [3.05, 3.63) is 48.4 Å². The molecule has 0 aliphatic carbocycles. The standard InChI is InChI=1S/C24H28N4O3/c1-15(31-5)13-28-22(29)14-27(4)21-12-26-20-7-6-16(9-19(20)23(21)28)17-8-18(11-25-10-17)24(2,3)30/h6-12,15,30H,13-14H2,1-5H3.